The first-order chi connectivity index (χ1) is 10.2. The molecule has 2 aromatic rings. The van der Waals surface area contributed by atoms with Gasteiger partial charge in [0.25, 0.3) is 0 Å². The Labute approximate surface area is 121 Å². The van der Waals surface area contributed by atoms with Gasteiger partial charge < -0.3 is 10.8 Å². The van der Waals surface area contributed by atoms with Gasteiger partial charge >= 0.3 is 5.97 Å². The molecule has 0 aliphatic heterocycles. The summed E-state index contributed by atoms with van der Waals surface area (Å²) in [6.45, 7) is 0. The van der Waals surface area contributed by atoms with Crippen molar-refractivity contribution in [1.29, 1.82) is 0 Å². The fourth-order valence-corrected chi connectivity index (χ4v) is 3.22. The summed E-state index contributed by atoms with van der Waals surface area (Å²) in [5.74, 6) is -0.988. The van der Waals surface area contributed by atoms with Crippen molar-refractivity contribution in [3.05, 3.63) is 65.3 Å². The summed E-state index contributed by atoms with van der Waals surface area (Å²) < 4.78 is 0. The SMILES string of the molecule is Nc1c(C(=O)O)cc2c3c(cccc13)C1=C2C=CCC=C1. The van der Waals surface area contributed by atoms with Crippen molar-refractivity contribution < 1.29 is 9.90 Å². The number of hydrogen-bond donors (Lipinski definition) is 2. The van der Waals surface area contributed by atoms with Gasteiger partial charge in [-0.15, -0.1) is 0 Å². The maximum atomic E-state index is 11.5. The van der Waals surface area contributed by atoms with Gasteiger partial charge in [-0.1, -0.05) is 42.5 Å². The Balaban J connectivity index is 2.18. The van der Waals surface area contributed by atoms with Crippen molar-refractivity contribution >= 4 is 33.6 Å². The van der Waals surface area contributed by atoms with Crippen molar-refractivity contribution in [3.63, 3.8) is 0 Å². The van der Waals surface area contributed by atoms with Crippen LogP contribution in [0.2, 0.25) is 0 Å². The van der Waals surface area contributed by atoms with E-state index in [9.17, 15) is 9.90 Å². The fraction of sp³-hybridized carbons (Fsp3) is 0.0556. The average molecular weight is 275 g/mol. The van der Waals surface area contributed by atoms with E-state index in [2.05, 4.69) is 30.4 Å². The normalized spacial score (nSPS) is 15.4. The lowest BCUT2D eigenvalue weighted by Gasteiger charge is -2.10. The number of benzene rings is 2. The molecule has 0 amide bonds. The monoisotopic (exact) mass is 275 g/mol. The second kappa shape index (κ2) is 4.09. The number of allylic oxidation sites excluding steroid dienone is 6. The van der Waals surface area contributed by atoms with Gasteiger partial charge in [-0.25, -0.2) is 4.79 Å². The number of aromatic carboxylic acids is 1. The lowest BCUT2D eigenvalue weighted by atomic mass is 9.96. The van der Waals surface area contributed by atoms with E-state index in [1.807, 2.05) is 12.1 Å². The van der Waals surface area contributed by atoms with E-state index in [0.717, 1.165) is 39.5 Å². The third-order valence-electron chi connectivity index (χ3n) is 4.14. The first-order valence-electron chi connectivity index (χ1n) is 6.85. The summed E-state index contributed by atoms with van der Waals surface area (Å²) in [5.41, 5.74) is 10.9. The highest BCUT2D eigenvalue weighted by Crippen LogP contribution is 2.46. The second-order valence-corrected chi connectivity index (χ2v) is 5.29. The topological polar surface area (TPSA) is 63.3 Å². The number of carboxylic acid groups (broad SMARTS) is 1. The number of hydrogen-bond acceptors (Lipinski definition) is 2. The molecule has 0 heterocycles. The van der Waals surface area contributed by atoms with Gasteiger partial charge in [0.05, 0.1) is 11.3 Å². The molecule has 2 aliphatic carbocycles. The van der Waals surface area contributed by atoms with Gasteiger partial charge in [0.15, 0.2) is 0 Å². The lowest BCUT2D eigenvalue weighted by Crippen LogP contribution is -2.04. The number of carbonyl (C=O) groups is 1. The first-order valence-corrected chi connectivity index (χ1v) is 6.85. The summed E-state index contributed by atoms with van der Waals surface area (Å²) in [7, 11) is 0. The zero-order chi connectivity index (χ0) is 14.6. The number of carboxylic acids is 1. The maximum Gasteiger partial charge on any atom is 0.337 e. The molecule has 2 aromatic carbocycles. The van der Waals surface area contributed by atoms with Crippen LogP contribution in [0.4, 0.5) is 5.69 Å². The Morgan fingerprint density at radius 2 is 1.81 bits per heavy atom. The molecule has 0 aromatic heterocycles. The number of rotatable bonds is 1. The largest absolute Gasteiger partial charge is 0.478 e. The molecule has 3 heteroatoms. The Bertz CT molecular complexity index is 901. The fourth-order valence-electron chi connectivity index (χ4n) is 3.22. The molecular formula is C18H13NO2. The molecule has 0 fully saturated rings. The standard InChI is InChI=1S/C18H13NO2/c19-17-13-8-4-7-12-10-5-2-1-3-6-11(10)14(16(12)13)9-15(17)18(20)21/h2-9H,1,19H2,(H,20,21). The molecule has 0 bridgehead atoms. The van der Waals surface area contributed by atoms with Crippen LogP contribution in [0.1, 0.15) is 27.9 Å². The Kier molecular flexibility index (Phi) is 2.33. The lowest BCUT2D eigenvalue weighted by molar-refractivity contribution is 0.0698. The van der Waals surface area contributed by atoms with E-state index in [0.29, 0.717) is 5.69 Å². The minimum atomic E-state index is -0.988. The molecule has 0 saturated heterocycles. The molecular weight excluding hydrogens is 262 g/mol. The van der Waals surface area contributed by atoms with Crippen molar-refractivity contribution in [2.75, 3.05) is 5.73 Å². The van der Waals surface area contributed by atoms with Gasteiger partial charge in [-0.05, 0) is 40.1 Å². The highest BCUT2D eigenvalue weighted by atomic mass is 16.4. The number of fused-ring (bicyclic) bond motifs is 2. The van der Waals surface area contributed by atoms with Gasteiger partial charge in [0.2, 0.25) is 0 Å². The van der Waals surface area contributed by atoms with Crippen LogP contribution in [0.15, 0.2) is 48.6 Å². The van der Waals surface area contributed by atoms with Crippen LogP contribution in [-0.2, 0) is 0 Å². The van der Waals surface area contributed by atoms with Gasteiger partial charge in [0, 0.05) is 5.39 Å². The zero-order valence-electron chi connectivity index (χ0n) is 11.3. The van der Waals surface area contributed by atoms with Crippen molar-refractivity contribution in [2.24, 2.45) is 0 Å². The van der Waals surface area contributed by atoms with Crippen LogP contribution in [-0.4, -0.2) is 11.1 Å². The van der Waals surface area contributed by atoms with Crippen molar-refractivity contribution in [1.82, 2.24) is 0 Å². The zero-order valence-corrected chi connectivity index (χ0v) is 11.3. The minimum Gasteiger partial charge on any atom is -0.478 e. The van der Waals surface area contributed by atoms with Crippen LogP contribution in [0, 0.1) is 0 Å². The molecule has 0 atom stereocenters. The van der Waals surface area contributed by atoms with Crippen molar-refractivity contribution in [2.45, 2.75) is 6.42 Å². The predicted octanol–water partition coefficient (Wildman–Crippen LogP) is 3.86. The third-order valence-corrected chi connectivity index (χ3v) is 4.14. The quantitative estimate of drug-likeness (QED) is 0.777. The molecule has 0 radical (unpaired) electrons. The van der Waals surface area contributed by atoms with E-state index >= 15 is 0 Å². The van der Waals surface area contributed by atoms with E-state index in [1.54, 1.807) is 6.07 Å². The van der Waals surface area contributed by atoms with Crippen LogP contribution < -0.4 is 5.73 Å². The number of nitrogens with two attached hydrogens (primary N) is 1. The summed E-state index contributed by atoms with van der Waals surface area (Å²) >= 11 is 0. The molecule has 0 spiro atoms. The smallest absolute Gasteiger partial charge is 0.337 e. The minimum absolute atomic E-state index is 0.171. The molecule has 0 unspecified atom stereocenters. The second-order valence-electron chi connectivity index (χ2n) is 5.29. The number of anilines is 1. The van der Waals surface area contributed by atoms with Gasteiger partial charge in [-0.2, -0.15) is 0 Å². The molecule has 3 nitrogen and oxygen atoms in total. The third kappa shape index (κ3) is 1.51. The predicted molar refractivity (Wildman–Crippen MR) is 85.0 cm³/mol. The van der Waals surface area contributed by atoms with E-state index < -0.39 is 5.97 Å². The highest BCUT2D eigenvalue weighted by Gasteiger charge is 2.25. The van der Waals surface area contributed by atoms with Crippen LogP contribution in [0.25, 0.3) is 21.9 Å². The number of nitrogen functional groups attached to an aromatic ring is 1. The molecule has 2 aliphatic rings. The maximum absolute atomic E-state index is 11.5. The Morgan fingerprint density at radius 1 is 1.10 bits per heavy atom. The Morgan fingerprint density at radius 3 is 2.52 bits per heavy atom. The van der Waals surface area contributed by atoms with Gasteiger partial charge in [0.1, 0.15) is 0 Å². The molecule has 102 valence electrons. The van der Waals surface area contributed by atoms with Gasteiger partial charge in [-0.3, -0.25) is 0 Å². The highest BCUT2D eigenvalue weighted by molar-refractivity contribution is 6.22. The molecule has 3 N–H and O–H groups in total. The molecule has 0 saturated carbocycles. The average Bonchev–Trinajstić information content (AvgIpc) is 2.65. The summed E-state index contributed by atoms with van der Waals surface area (Å²) in [6, 6.07) is 7.60. The van der Waals surface area contributed by atoms with Crippen LogP contribution in [0.3, 0.4) is 0 Å². The first kappa shape index (κ1) is 12.0. The summed E-state index contributed by atoms with van der Waals surface area (Å²) in [4.78, 5) is 11.5. The van der Waals surface area contributed by atoms with Crippen LogP contribution >= 0.6 is 0 Å². The Hall–Kier alpha value is -2.81. The summed E-state index contributed by atoms with van der Waals surface area (Å²) in [6.07, 6.45) is 9.28. The van der Waals surface area contributed by atoms with E-state index in [4.69, 9.17) is 5.73 Å². The van der Waals surface area contributed by atoms with E-state index in [-0.39, 0.29) is 5.56 Å². The van der Waals surface area contributed by atoms with E-state index in [1.165, 1.54) is 0 Å². The van der Waals surface area contributed by atoms with Crippen molar-refractivity contribution in [3.8, 4) is 0 Å². The summed E-state index contributed by atoms with van der Waals surface area (Å²) in [5, 5.41) is 11.3. The molecule has 4 rings (SSSR count). The van der Waals surface area contributed by atoms with Crippen LogP contribution in [0.5, 0.6) is 0 Å². The molecule has 21 heavy (non-hydrogen) atoms.